The summed E-state index contributed by atoms with van der Waals surface area (Å²) in [7, 11) is 0. The molecule has 0 aliphatic rings. The molecule has 4 heteroatoms. The van der Waals surface area contributed by atoms with Crippen molar-refractivity contribution in [2.24, 2.45) is 0 Å². The summed E-state index contributed by atoms with van der Waals surface area (Å²) in [6.07, 6.45) is 3.70. The van der Waals surface area contributed by atoms with E-state index in [2.05, 4.69) is 168 Å². The van der Waals surface area contributed by atoms with Gasteiger partial charge in [0.2, 0.25) is 0 Å². The van der Waals surface area contributed by atoms with Gasteiger partial charge in [-0.15, -0.1) is 0 Å². The van der Waals surface area contributed by atoms with Crippen molar-refractivity contribution in [1.29, 1.82) is 0 Å². The molecule has 4 nitrogen and oxygen atoms in total. The van der Waals surface area contributed by atoms with Gasteiger partial charge in [-0.05, 0) is 81.9 Å². The van der Waals surface area contributed by atoms with Crippen molar-refractivity contribution in [2.75, 3.05) is 0 Å². The Bertz CT molecular complexity index is 2950. The number of benzene rings is 6. The predicted molar refractivity (Wildman–Crippen MR) is 215 cm³/mol. The first-order valence-electron chi connectivity index (χ1n) is 17.4. The van der Waals surface area contributed by atoms with Gasteiger partial charge < -0.3 is 0 Å². The Morgan fingerprint density at radius 1 is 0.308 bits per heavy atom. The Balaban J connectivity index is 0.940. The van der Waals surface area contributed by atoms with E-state index in [-0.39, 0.29) is 0 Å². The van der Waals surface area contributed by atoms with Crippen LogP contribution < -0.4 is 0 Å². The van der Waals surface area contributed by atoms with Crippen molar-refractivity contribution in [2.45, 2.75) is 0 Å². The highest BCUT2D eigenvalue weighted by Gasteiger charge is 2.11. The average molecular weight is 663 g/mol. The third-order valence-electron chi connectivity index (χ3n) is 9.95. The fraction of sp³-hybridized carbons (Fsp3) is 0. The lowest BCUT2D eigenvalue weighted by Crippen LogP contribution is -1.89. The van der Waals surface area contributed by atoms with E-state index < -0.39 is 0 Å². The highest BCUT2D eigenvalue weighted by Crippen LogP contribution is 2.34. The van der Waals surface area contributed by atoms with Gasteiger partial charge in [-0.3, -0.25) is 9.97 Å². The van der Waals surface area contributed by atoms with Crippen LogP contribution in [0.1, 0.15) is 0 Å². The van der Waals surface area contributed by atoms with E-state index in [4.69, 9.17) is 9.97 Å². The van der Waals surface area contributed by atoms with Crippen LogP contribution in [0, 0.1) is 0 Å². The maximum atomic E-state index is 5.12. The van der Waals surface area contributed by atoms with Crippen LogP contribution in [0.5, 0.6) is 0 Å². The lowest BCUT2D eigenvalue weighted by molar-refractivity contribution is 1.37. The largest absolute Gasteiger partial charge is 0.254 e. The van der Waals surface area contributed by atoms with E-state index in [0.29, 0.717) is 0 Å². The van der Waals surface area contributed by atoms with E-state index in [1.165, 1.54) is 11.1 Å². The lowest BCUT2D eigenvalue weighted by atomic mass is 9.98. The summed E-state index contributed by atoms with van der Waals surface area (Å²) in [6.45, 7) is 0. The van der Waals surface area contributed by atoms with Gasteiger partial charge in [0, 0.05) is 45.1 Å². The van der Waals surface area contributed by atoms with Gasteiger partial charge in [-0.2, -0.15) is 0 Å². The van der Waals surface area contributed by atoms with Crippen LogP contribution in [0.25, 0.3) is 99.5 Å². The van der Waals surface area contributed by atoms with E-state index in [1.807, 2.05) is 24.5 Å². The molecule has 0 spiro atoms. The maximum absolute atomic E-state index is 5.12. The summed E-state index contributed by atoms with van der Waals surface area (Å²) in [5, 5.41) is 4.40. The fourth-order valence-corrected chi connectivity index (χ4v) is 7.24. The quantitative estimate of drug-likeness (QED) is 0.172. The van der Waals surface area contributed by atoms with Crippen molar-refractivity contribution < 1.29 is 0 Å². The third kappa shape index (κ3) is 5.34. The number of hydrogen-bond acceptors (Lipinski definition) is 4. The highest BCUT2D eigenvalue weighted by atomic mass is 14.7. The minimum Gasteiger partial charge on any atom is -0.254 e. The van der Waals surface area contributed by atoms with Crippen LogP contribution in [0.2, 0.25) is 0 Å². The summed E-state index contributed by atoms with van der Waals surface area (Å²) in [5.41, 5.74) is 14.8. The molecule has 242 valence electrons. The second-order valence-electron chi connectivity index (χ2n) is 13.1. The van der Waals surface area contributed by atoms with Gasteiger partial charge in [0.15, 0.2) is 0 Å². The second-order valence-corrected chi connectivity index (χ2v) is 13.1. The first kappa shape index (κ1) is 29.8. The summed E-state index contributed by atoms with van der Waals surface area (Å²) in [6, 6.07) is 59.6. The molecule has 0 aliphatic heterocycles. The van der Waals surface area contributed by atoms with Crippen LogP contribution in [0.3, 0.4) is 0 Å². The monoisotopic (exact) mass is 662 g/mol. The second kappa shape index (κ2) is 12.4. The van der Waals surface area contributed by atoms with E-state index in [0.717, 1.165) is 88.4 Å². The van der Waals surface area contributed by atoms with Crippen molar-refractivity contribution in [3.05, 3.63) is 182 Å². The molecule has 0 radical (unpaired) electrons. The Hall–Kier alpha value is -7.04. The van der Waals surface area contributed by atoms with E-state index in [1.54, 1.807) is 0 Å². The molecule has 0 amide bonds. The SMILES string of the molecule is c1ccc(-c2cccc(-c3ccc4cc(-c5ccc6ccc(-c7ccc(-c8ccnc9c8ccc8cccnc89)cc7)nc6c5)ccc4n3)c2)cc1. The average Bonchev–Trinajstić information content (AvgIpc) is 3.23. The zero-order chi connectivity index (χ0) is 34.4. The van der Waals surface area contributed by atoms with Gasteiger partial charge in [0.05, 0.1) is 33.5 Å². The Labute approximate surface area is 300 Å². The number of hydrogen-bond donors (Lipinski definition) is 0. The Morgan fingerprint density at radius 3 is 1.87 bits per heavy atom. The summed E-state index contributed by atoms with van der Waals surface area (Å²) in [5.74, 6) is 0. The molecule has 10 rings (SSSR count). The van der Waals surface area contributed by atoms with Gasteiger partial charge in [0.1, 0.15) is 0 Å². The zero-order valence-corrected chi connectivity index (χ0v) is 28.1. The van der Waals surface area contributed by atoms with E-state index >= 15 is 0 Å². The van der Waals surface area contributed by atoms with Gasteiger partial charge in [0.25, 0.3) is 0 Å². The van der Waals surface area contributed by atoms with E-state index in [9.17, 15) is 0 Å². The molecule has 0 saturated carbocycles. The molecular formula is C48H30N4. The Kier molecular flexibility index (Phi) is 7.10. The molecule has 0 aliphatic carbocycles. The predicted octanol–water partition coefficient (Wildman–Crippen LogP) is 12.2. The molecule has 0 saturated heterocycles. The molecule has 4 aromatic heterocycles. The molecular weight excluding hydrogens is 633 g/mol. The van der Waals surface area contributed by atoms with Crippen LogP contribution in [0.15, 0.2) is 182 Å². The topological polar surface area (TPSA) is 51.6 Å². The van der Waals surface area contributed by atoms with Crippen LogP contribution in [0.4, 0.5) is 0 Å². The molecule has 6 aromatic carbocycles. The number of pyridine rings is 4. The van der Waals surface area contributed by atoms with Gasteiger partial charge >= 0.3 is 0 Å². The summed E-state index contributed by atoms with van der Waals surface area (Å²) < 4.78 is 0. The molecule has 4 heterocycles. The number of fused-ring (bicyclic) bond motifs is 5. The van der Waals surface area contributed by atoms with Crippen molar-refractivity contribution in [3.63, 3.8) is 0 Å². The molecule has 0 atom stereocenters. The smallest absolute Gasteiger partial charge is 0.0970 e. The summed E-state index contributed by atoms with van der Waals surface area (Å²) in [4.78, 5) is 19.5. The molecule has 0 bridgehead atoms. The van der Waals surface area contributed by atoms with Crippen LogP contribution in [-0.2, 0) is 0 Å². The number of nitrogens with zero attached hydrogens (tertiary/aromatic N) is 4. The van der Waals surface area contributed by atoms with Crippen molar-refractivity contribution in [3.8, 4) is 55.9 Å². The number of aromatic nitrogens is 4. The minimum atomic E-state index is 0.920. The first-order valence-corrected chi connectivity index (χ1v) is 17.4. The fourth-order valence-electron chi connectivity index (χ4n) is 7.24. The van der Waals surface area contributed by atoms with Crippen LogP contribution >= 0.6 is 0 Å². The van der Waals surface area contributed by atoms with Crippen molar-refractivity contribution in [1.82, 2.24) is 19.9 Å². The third-order valence-corrected chi connectivity index (χ3v) is 9.95. The highest BCUT2D eigenvalue weighted by molar-refractivity contribution is 6.08. The van der Waals surface area contributed by atoms with Crippen LogP contribution in [-0.4, -0.2) is 19.9 Å². The van der Waals surface area contributed by atoms with Crippen molar-refractivity contribution >= 4 is 43.6 Å². The molecule has 0 N–H and O–H groups in total. The minimum absolute atomic E-state index is 0.920. The first-order chi connectivity index (χ1) is 25.7. The zero-order valence-electron chi connectivity index (χ0n) is 28.1. The molecule has 0 unspecified atom stereocenters. The standard InChI is InChI=1S/C48H30N4/c1-2-6-31(7-3-1)36-8-4-9-39(28-36)44-24-20-40-29-37(19-23-45(40)51-44)38-16-15-34-18-22-43(52-46(34)30-38)33-13-11-32(12-14-33)41-25-27-50-48-42(41)21-17-35-10-5-26-49-47(35)48/h1-30H. The number of rotatable bonds is 5. The Morgan fingerprint density at radius 2 is 0.962 bits per heavy atom. The van der Waals surface area contributed by atoms with Gasteiger partial charge in [-0.1, -0.05) is 121 Å². The molecule has 10 aromatic rings. The summed E-state index contributed by atoms with van der Waals surface area (Å²) >= 11 is 0. The normalized spacial score (nSPS) is 11.5. The molecule has 0 fully saturated rings. The van der Waals surface area contributed by atoms with Gasteiger partial charge in [-0.25, -0.2) is 9.97 Å². The lowest BCUT2D eigenvalue weighted by Gasteiger charge is -2.10. The molecule has 52 heavy (non-hydrogen) atoms. The maximum Gasteiger partial charge on any atom is 0.0970 e.